The molecule has 0 radical (unpaired) electrons. The number of hydrazine groups is 1. The molecule has 3 N–H and O–H groups in total. The topological polar surface area (TPSA) is 71.6 Å². The van der Waals surface area contributed by atoms with E-state index in [0.717, 1.165) is 17.2 Å². The minimum atomic E-state index is -0.180. The molecule has 0 aromatic heterocycles. The molecule has 0 heterocycles. The van der Waals surface area contributed by atoms with Crippen LogP contribution >= 0.6 is 23.8 Å². The largest absolute Gasteiger partial charge is 0.494 e. The highest BCUT2D eigenvalue weighted by molar-refractivity contribution is 7.80. The lowest BCUT2D eigenvalue weighted by molar-refractivity contribution is -0.121. The van der Waals surface area contributed by atoms with Gasteiger partial charge in [0.15, 0.2) is 5.11 Å². The first kappa shape index (κ1) is 20.8. The number of anilines is 1. The number of carbonyl (C=O) groups excluding carboxylic acids is 1. The highest BCUT2D eigenvalue weighted by atomic mass is 35.5. The standard InChI is InChI=1S/C19H22ClN3O3S/c1-2-25-16-8-10-17(11-9-16)26-12-4-7-18(24)22-23-19(27)21-15-6-3-5-14(20)13-15/h3,5-6,8-11,13H,2,4,7,12H2,1H3,(H,22,24)(H2,21,23,27). The molecule has 144 valence electrons. The Morgan fingerprint density at radius 3 is 2.44 bits per heavy atom. The van der Waals surface area contributed by atoms with Gasteiger partial charge < -0.3 is 14.8 Å². The van der Waals surface area contributed by atoms with Gasteiger partial charge in [-0.2, -0.15) is 0 Å². The van der Waals surface area contributed by atoms with Crippen molar-refractivity contribution in [3.05, 3.63) is 53.6 Å². The monoisotopic (exact) mass is 407 g/mol. The third-order valence-corrected chi connectivity index (χ3v) is 3.79. The van der Waals surface area contributed by atoms with Crippen molar-refractivity contribution in [1.29, 1.82) is 0 Å². The Labute approximate surface area is 169 Å². The number of thiocarbonyl (C=S) groups is 1. The van der Waals surface area contributed by atoms with Gasteiger partial charge in [0.25, 0.3) is 0 Å². The molecule has 0 aliphatic heterocycles. The second-order valence-electron chi connectivity index (χ2n) is 5.49. The van der Waals surface area contributed by atoms with Crippen LogP contribution in [0.4, 0.5) is 5.69 Å². The number of hydrogen-bond acceptors (Lipinski definition) is 4. The fourth-order valence-electron chi connectivity index (χ4n) is 2.14. The molecule has 0 aliphatic carbocycles. The van der Waals surface area contributed by atoms with Crippen LogP contribution in [0.1, 0.15) is 19.8 Å². The van der Waals surface area contributed by atoms with Crippen molar-refractivity contribution in [3.8, 4) is 11.5 Å². The number of carbonyl (C=O) groups is 1. The van der Waals surface area contributed by atoms with E-state index < -0.39 is 0 Å². The number of rotatable bonds is 8. The van der Waals surface area contributed by atoms with Crippen molar-refractivity contribution < 1.29 is 14.3 Å². The predicted octanol–water partition coefficient (Wildman–Crippen LogP) is 3.92. The highest BCUT2D eigenvalue weighted by Crippen LogP contribution is 2.17. The molecule has 0 unspecified atom stereocenters. The highest BCUT2D eigenvalue weighted by Gasteiger charge is 2.04. The predicted molar refractivity (Wildman–Crippen MR) is 111 cm³/mol. The Bertz CT molecular complexity index is 756. The number of halogens is 1. The average Bonchev–Trinajstić information content (AvgIpc) is 2.65. The third kappa shape index (κ3) is 8.15. The maximum Gasteiger partial charge on any atom is 0.238 e. The SMILES string of the molecule is CCOc1ccc(OCCCC(=O)NNC(=S)Nc2cccc(Cl)c2)cc1. The molecule has 0 saturated heterocycles. The normalized spacial score (nSPS) is 10.0. The molecule has 1 amide bonds. The van der Waals surface area contributed by atoms with Gasteiger partial charge in [0, 0.05) is 17.1 Å². The maximum atomic E-state index is 11.8. The second-order valence-corrected chi connectivity index (χ2v) is 6.34. The fraction of sp³-hybridized carbons (Fsp3) is 0.263. The number of ether oxygens (including phenoxy) is 2. The molecule has 0 aliphatic rings. The van der Waals surface area contributed by atoms with Crippen LogP contribution in [0, 0.1) is 0 Å². The fourth-order valence-corrected chi connectivity index (χ4v) is 2.50. The van der Waals surface area contributed by atoms with Crippen molar-refractivity contribution in [2.75, 3.05) is 18.5 Å². The lowest BCUT2D eigenvalue weighted by Gasteiger charge is -2.12. The number of hydrogen-bond donors (Lipinski definition) is 3. The summed E-state index contributed by atoms with van der Waals surface area (Å²) < 4.78 is 11.0. The lowest BCUT2D eigenvalue weighted by atomic mass is 10.3. The van der Waals surface area contributed by atoms with Crippen LogP contribution in [0.2, 0.25) is 5.02 Å². The summed E-state index contributed by atoms with van der Waals surface area (Å²) in [5.74, 6) is 1.36. The number of amides is 1. The molecule has 2 rings (SSSR count). The Balaban J connectivity index is 1.59. The average molecular weight is 408 g/mol. The van der Waals surface area contributed by atoms with Gasteiger partial charge in [0.1, 0.15) is 11.5 Å². The van der Waals surface area contributed by atoms with Crippen LogP contribution in [0.3, 0.4) is 0 Å². The van der Waals surface area contributed by atoms with Crippen LogP contribution in [0.15, 0.2) is 48.5 Å². The first-order chi connectivity index (χ1) is 13.1. The molecule has 27 heavy (non-hydrogen) atoms. The number of benzene rings is 2. The zero-order valence-electron chi connectivity index (χ0n) is 15.0. The van der Waals surface area contributed by atoms with Crippen LogP contribution < -0.4 is 25.6 Å². The van der Waals surface area contributed by atoms with Gasteiger partial charge in [-0.15, -0.1) is 0 Å². The van der Waals surface area contributed by atoms with Crippen LogP contribution in [0.5, 0.6) is 11.5 Å². The Kier molecular flexibility index (Phi) is 8.67. The summed E-state index contributed by atoms with van der Waals surface area (Å²) in [7, 11) is 0. The summed E-state index contributed by atoms with van der Waals surface area (Å²) in [4.78, 5) is 11.8. The Morgan fingerprint density at radius 2 is 1.78 bits per heavy atom. The van der Waals surface area contributed by atoms with Crippen molar-refractivity contribution in [2.24, 2.45) is 0 Å². The van der Waals surface area contributed by atoms with Crippen molar-refractivity contribution in [2.45, 2.75) is 19.8 Å². The van der Waals surface area contributed by atoms with Gasteiger partial charge in [0.05, 0.1) is 13.2 Å². The van der Waals surface area contributed by atoms with Crippen molar-refractivity contribution in [3.63, 3.8) is 0 Å². The van der Waals surface area contributed by atoms with Gasteiger partial charge in [-0.3, -0.25) is 15.6 Å². The molecule has 8 heteroatoms. The van der Waals surface area contributed by atoms with E-state index in [1.165, 1.54) is 0 Å². The molecular weight excluding hydrogens is 386 g/mol. The van der Waals surface area contributed by atoms with Crippen molar-refractivity contribution >= 4 is 40.5 Å². The smallest absolute Gasteiger partial charge is 0.238 e. The van der Waals surface area contributed by atoms with Gasteiger partial charge in [-0.1, -0.05) is 17.7 Å². The summed E-state index contributed by atoms with van der Waals surface area (Å²) in [5, 5.41) is 3.80. The van der Waals surface area contributed by atoms with Crippen LogP contribution in [0.25, 0.3) is 0 Å². The molecule has 2 aromatic carbocycles. The van der Waals surface area contributed by atoms with Crippen LogP contribution in [-0.4, -0.2) is 24.2 Å². The summed E-state index contributed by atoms with van der Waals surface area (Å²) in [5.41, 5.74) is 5.92. The van der Waals surface area contributed by atoms with E-state index in [9.17, 15) is 4.79 Å². The van der Waals surface area contributed by atoms with E-state index >= 15 is 0 Å². The van der Waals surface area contributed by atoms with Gasteiger partial charge in [-0.05, 0) is 68.0 Å². The van der Waals surface area contributed by atoms with Crippen LogP contribution in [-0.2, 0) is 4.79 Å². The van der Waals surface area contributed by atoms with E-state index in [1.807, 2.05) is 37.3 Å². The van der Waals surface area contributed by atoms with Gasteiger partial charge in [0.2, 0.25) is 5.91 Å². The third-order valence-electron chi connectivity index (χ3n) is 3.35. The minimum absolute atomic E-state index is 0.180. The van der Waals surface area contributed by atoms with Gasteiger partial charge >= 0.3 is 0 Å². The Morgan fingerprint density at radius 1 is 1.07 bits per heavy atom. The summed E-state index contributed by atoms with van der Waals surface area (Å²) in [6.07, 6.45) is 0.888. The first-order valence-electron chi connectivity index (χ1n) is 8.54. The molecule has 0 bridgehead atoms. The first-order valence-corrected chi connectivity index (χ1v) is 9.32. The summed E-state index contributed by atoms with van der Waals surface area (Å²) >= 11 is 11.0. The van der Waals surface area contributed by atoms with Gasteiger partial charge in [-0.25, -0.2) is 0 Å². The quantitative estimate of drug-likeness (QED) is 0.350. The van der Waals surface area contributed by atoms with E-state index in [0.29, 0.717) is 31.1 Å². The zero-order valence-corrected chi connectivity index (χ0v) is 16.5. The summed E-state index contributed by atoms with van der Waals surface area (Å²) in [6, 6.07) is 14.5. The zero-order chi connectivity index (χ0) is 19.5. The molecule has 6 nitrogen and oxygen atoms in total. The van der Waals surface area contributed by atoms with E-state index in [4.69, 9.17) is 33.3 Å². The molecule has 0 spiro atoms. The summed E-state index contributed by atoms with van der Waals surface area (Å²) in [6.45, 7) is 3.00. The minimum Gasteiger partial charge on any atom is -0.494 e. The molecule has 2 aromatic rings. The lowest BCUT2D eigenvalue weighted by Crippen LogP contribution is -2.43. The number of nitrogens with one attached hydrogen (secondary N) is 3. The van der Waals surface area contributed by atoms with E-state index in [-0.39, 0.29) is 11.0 Å². The molecular formula is C19H22ClN3O3S. The molecule has 0 fully saturated rings. The van der Waals surface area contributed by atoms with E-state index in [1.54, 1.807) is 18.2 Å². The maximum absolute atomic E-state index is 11.8. The second kappa shape index (κ2) is 11.3. The molecule has 0 atom stereocenters. The van der Waals surface area contributed by atoms with Crippen molar-refractivity contribution in [1.82, 2.24) is 10.9 Å². The van der Waals surface area contributed by atoms with E-state index in [2.05, 4.69) is 16.2 Å². The molecule has 0 saturated carbocycles. The Hall–Kier alpha value is -2.51.